The summed E-state index contributed by atoms with van der Waals surface area (Å²) in [6.45, 7) is 1.22. The van der Waals surface area contributed by atoms with Gasteiger partial charge < -0.3 is 34.1 Å². The van der Waals surface area contributed by atoms with E-state index in [0.717, 1.165) is 54.2 Å². The Kier molecular flexibility index (Phi) is 8.97. The summed E-state index contributed by atoms with van der Waals surface area (Å²) >= 11 is 6.85. The van der Waals surface area contributed by atoms with Crippen molar-refractivity contribution in [2.45, 2.75) is 90.8 Å². The minimum Gasteiger partial charge on any atom is -0.469 e. The van der Waals surface area contributed by atoms with Gasteiger partial charge in [0.25, 0.3) is 11.8 Å². The van der Waals surface area contributed by atoms with Gasteiger partial charge in [-0.15, -0.1) is 0 Å². The van der Waals surface area contributed by atoms with Crippen LogP contribution in [0.1, 0.15) is 112 Å². The number of halogens is 2. The van der Waals surface area contributed by atoms with Crippen LogP contribution in [0.2, 0.25) is 5.02 Å². The molecular weight excluding hydrogens is 791 g/mol. The number of aromatic nitrogens is 4. The zero-order chi connectivity index (χ0) is 47.7. The molecule has 2 aromatic carbocycles. The van der Waals surface area contributed by atoms with Gasteiger partial charge in [-0.05, 0) is 83.4 Å². The van der Waals surface area contributed by atoms with Crippen LogP contribution in [0.4, 0.5) is 20.6 Å². The molecule has 0 saturated heterocycles. The van der Waals surface area contributed by atoms with Crippen molar-refractivity contribution in [2.75, 3.05) is 37.4 Å². The molecule has 2 aliphatic carbocycles. The molecule has 4 aliphatic rings. The van der Waals surface area contributed by atoms with Crippen molar-refractivity contribution in [1.29, 1.82) is 0 Å². The number of imidazole rings is 2. The molecule has 16 heteroatoms. The van der Waals surface area contributed by atoms with Crippen molar-refractivity contribution in [2.24, 2.45) is 24.8 Å². The summed E-state index contributed by atoms with van der Waals surface area (Å²) in [4.78, 5) is 65.6. The number of carbonyl (C=O) groups excluding carboxylic acids is 4. The number of nitrogens with one attached hydrogen (secondary N) is 2. The molecular formula is C44H52ClFN8O6. The van der Waals surface area contributed by atoms with Gasteiger partial charge in [0.2, 0.25) is 0 Å². The molecule has 4 aromatic rings. The van der Waals surface area contributed by atoms with E-state index < -0.39 is 54.5 Å². The number of nitrogens with zero attached hydrogens (tertiary/aromatic N) is 6. The minimum absolute atomic E-state index is 0.0359. The first-order chi connectivity index (χ1) is 30.9. The minimum atomic E-state index is -2.84. The van der Waals surface area contributed by atoms with Crippen LogP contribution in [0.3, 0.4) is 0 Å². The number of ether oxygens (including phenoxy) is 2. The average Bonchev–Trinajstić information content (AvgIpc) is 4.03. The lowest BCUT2D eigenvalue weighted by molar-refractivity contribution is -0.152. The van der Waals surface area contributed by atoms with Gasteiger partial charge in [0.05, 0.1) is 46.9 Å². The number of anilines is 2. The maximum Gasteiger partial charge on any atom is 0.410 e. The third-order valence-corrected chi connectivity index (χ3v) is 12.9. The van der Waals surface area contributed by atoms with E-state index in [9.17, 15) is 19.2 Å². The van der Waals surface area contributed by atoms with Crippen LogP contribution in [0.25, 0.3) is 11.1 Å². The van der Waals surface area contributed by atoms with E-state index in [1.54, 1.807) is 20.8 Å². The summed E-state index contributed by atoms with van der Waals surface area (Å²) in [6.07, 6.45) is 5.06. The lowest BCUT2D eigenvalue weighted by Gasteiger charge is -2.32. The van der Waals surface area contributed by atoms with Crippen LogP contribution in [0, 0.1) is 16.6 Å². The number of hydrogen-bond acceptors (Lipinski definition) is 9. The number of carbonyl (C=O) groups is 4. The fourth-order valence-electron chi connectivity index (χ4n) is 9.38. The molecule has 2 aliphatic heterocycles. The second-order valence-electron chi connectivity index (χ2n) is 17.4. The predicted molar refractivity (Wildman–Crippen MR) is 223 cm³/mol. The molecule has 3 amide bonds. The molecule has 2 fully saturated rings. The Bertz CT molecular complexity index is 2620. The zero-order valence-electron chi connectivity index (χ0n) is 40.0. The molecule has 318 valence electrons. The highest BCUT2D eigenvalue weighted by Gasteiger charge is 2.58. The monoisotopic (exact) mass is 848 g/mol. The maximum absolute atomic E-state index is 16.5. The van der Waals surface area contributed by atoms with Gasteiger partial charge in [-0.2, -0.15) is 0 Å². The summed E-state index contributed by atoms with van der Waals surface area (Å²) in [5.41, 5.74) is -0.0107. The molecule has 2 aromatic heterocycles. The Labute approximate surface area is 362 Å². The predicted octanol–water partition coefficient (Wildman–Crippen LogP) is 7.28. The van der Waals surface area contributed by atoms with E-state index in [0.29, 0.717) is 30.9 Å². The second-order valence-corrected chi connectivity index (χ2v) is 17.8. The largest absolute Gasteiger partial charge is 0.469 e. The average molecular weight is 849 g/mol. The Morgan fingerprint density at radius 3 is 2.10 bits per heavy atom. The number of amides is 3. The SMILES string of the molecule is [2H]C([2H])([2H])n1c(C(=O)Nc2cccc(-c3cccc(NC(=O)c4nc5c(n4C([2H])([2H])[2H])CCN(CCC46CCC(C(=O)OC)(CC4)C6)C5)c3Cl)c2F)nc2c1CCN(C(=O)OC(C)(C)C)C2. The maximum atomic E-state index is 16.5. The van der Waals surface area contributed by atoms with Gasteiger partial charge in [0, 0.05) is 77.2 Å². The van der Waals surface area contributed by atoms with Gasteiger partial charge in [0.15, 0.2) is 17.5 Å². The molecule has 2 saturated carbocycles. The molecule has 0 atom stereocenters. The van der Waals surface area contributed by atoms with Crippen LogP contribution < -0.4 is 10.6 Å². The van der Waals surface area contributed by atoms with Gasteiger partial charge >= 0.3 is 12.1 Å². The number of esters is 1. The Hall–Kier alpha value is -5.28. The highest BCUT2D eigenvalue weighted by atomic mass is 35.5. The normalized spacial score (nSPS) is 22.9. The Morgan fingerprint density at radius 1 is 0.867 bits per heavy atom. The third kappa shape index (κ3) is 7.66. The summed E-state index contributed by atoms with van der Waals surface area (Å²) in [7, 11) is 1.44. The summed E-state index contributed by atoms with van der Waals surface area (Å²) in [6, 6.07) is 8.62. The van der Waals surface area contributed by atoms with E-state index in [1.165, 1.54) is 48.4 Å². The second kappa shape index (κ2) is 15.6. The van der Waals surface area contributed by atoms with Crippen LogP contribution in [0.15, 0.2) is 36.4 Å². The molecule has 0 radical (unpaired) electrons. The molecule has 4 heterocycles. The highest BCUT2D eigenvalue weighted by Crippen LogP contribution is 2.63. The molecule has 2 bridgehead atoms. The van der Waals surface area contributed by atoms with Crippen molar-refractivity contribution < 1.29 is 41.3 Å². The van der Waals surface area contributed by atoms with Gasteiger partial charge in [0.1, 0.15) is 5.60 Å². The molecule has 2 N–H and O–H groups in total. The van der Waals surface area contributed by atoms with Crippen molar-refractivity contribution in [1.82, 2.24) is 28.9 Å². The molecule has 60 heavy (non-hydrogen) atoms. The third-order valence-electron chi connectivity index (χ3n) is 12.5. The van der Waals surface area contributed by atoms with Gasteiger partial charge in [-0.3, -0.25) is 19.3 Å². The van der Waals surface area contributed by atoms with Crippen molar-refractivity contribution in [3.63, 3.8) is 0 Å². The van der Waals surface area contributed by atoms with Crippen molar-refractivity contribution in [3.8, 4) is 11.1 Å². The molecule has 0 spiro atoms. The smallest absolute Gasteiger partial charge is 0.410 e. The summed E-state index contributed by atoms with van der Waals surface area (Å²) in [5, 5.41) is 5.03. The van der Waals surface area contributed by atoms with E-state index in [4.69, 9.17) is 29.3 Å². The first kappa shape index (κ1) is 34.4. The number of methoxy groups -OCH3 is 1. The van der Waals surface area contributed by atoms with Gasteiger partial charge in [-0.25, -0.2) is 19.2 Å². The zero-order valence-corrected chi connectivity index (χ0v) is 34.8. The van der Waals surface area contributed by atoms with Crippen molar-refractivity contribution in [3.05, 3.63) is 81.7 Å². The first-order valence-corrected chi connectivity index (χ1v) is 20.5. The quantitative estimate of drug-likeness (QED) is 0.166. The molecule has 14 nitrogen and oxygen atoms in total. The highest BCUT2D eigenvalue weighted by molar-refractivity contribution is 6.36. The molecule has 8 rings (SSSR count). The van der Waals surface area contributed by atoms with E-state index in [-0.39, 0.29) is 75.6 Å². The van der Waals surface area contributed by atoms with E-state index in [1.807, 2.05) is 0 Å². The number of hydrogen-bond donors (Lipinski definition) is 2. The van der Waals surface area contributed by atoms with Crippen molar-refractivity contribution >= 4 is 46.9 Å². The lowest BCUT2D eigenvalue weighted by Crippen LogP contribution is -2.40. The fraction of sp³-hybridized carbons (Fsp3) is 0.500. The van der Waals surface area contributed by atoms with Crippen LogP contribution in [-0.4, -0.2) is 85.1 Å². The fourth-order valence-corrected chi connectivity index (χ4v) is 9.66. The number of rotatable bonds is 9. The number of fused-ring (bicyclic) bond motifs is 4. The first-order valence-electron chi connectivity index (χ1n) is 23.1. The standard InChI is InChI=1S/C44H52ClFN8O6/c1-42(2,3)60-41(58)54-21-14-33-31(24-54)48-37(52(33)5)39(56)50-29-12-8-10-27(35(29)46)26-9-7-11-28(34(26)45)49-38(55)36-47-30-23-53(20-13-32(30)51(36)4)22-19-43-15-17-44(25-43,18-16-43)40(57)59-6/h7-12H,13-25H2,1-6H3,(H,49,55)(H,50,56)/i4D3,5D3. The summed E-state index contributed by atoms with van der Waals surface area (Å²) in [5.74, 6) is -3.75. The topological polar surface area (TPSA) is 153 Å². The van der Waals surface area contributed by atoms with E-state index in [2.05, 4.69) is 25.5 Å². The lowest BCUT2D eigenvalue weighted by atomic mass is 9.80. The van der Waals surface area contributed by atoms with Crippen LogP contribution in [-0.2, 0) is 54.2 Å². The Morgan fingerprint density at radius 2 is 1.47 bits per heavy atom. The Balaban J connectivity index is 0.989. The molecule has 0 unspecified atom stereocenters. The van der Waals surface area contributed by atoms with Crippen LogP contribution in [0.5, 0.6) is 0 Å². The van der Waals surface area contributed by atoms with Crippen LogP contribution >= 0.6 is 11.6 Å². The van der Waals surface area contributed by atoms with E-state index >= 15 is 4.39 Å². The summed E-state index contributed by atoms with van der Waals surface area (Å²) < 4.78 is 78.5. The number of benzene rings is 2. The van der Waals surface area contributed by atoms with Gasteiger partial charge in [-0.1, -0.05) is 35.9 Å².